The molecule has 1 aromatic carbocycles. The van der Waals surface area contributed by atoms with Crippen LogP contribution in [0.5, 0.6) is 5.75 Å². The van der Waals surface area contributed by atoms with E-state index in [1.807, 2.05) is 36.4 Å². The van der Waals surface area contributed by atoms with E-state index in [1.54, 1.807) is 12.4 Å². The van der Waals surface area contributed by atoms with Crippen molar-refractivity contribution in [3.8, 4) is 5.75 Å². The molecule has 98 valence electrons. The van der Waals surface area contributed by atoms with Crippen LogP contribution in [0, 0.1) is 0 Å². The van der Waals surface area contributed by atoms with E-state index in [9.17, 15) is 4.79 Å². The first-order valence-electron chi connectivity index (χ1n) is 6.03. The number of Topliss-reactive ketones (excluding diaryl/α,β-unsaturated/α-hetero) is 1. The maximum absolute atomic E-state index is 11.8. The van der Waals surface area contributed by atoms with Crippen molar-refractivity contribution in [1.82, 2.24) is 4.98 Å². The number of carbonyl (C=O) groups excluding carboxylic acids is 1. The number of carbonyl (C=O) groups is 1. The van der Waals surface area contributed by atoms with Crippen LogP contribution in [0.15, 0.2) is 53.3 Å². The lowest BCUT2D eigenvalue weighted by molar-refractivity contribution is -0.118. The summed E-state index contributed by atoms with van der Waals surface area (Å²) in [5.74, 6) is 0.923. The fraction of sp³-hybridized carbons (Fsp3) is 0.200. The van der Waals surface area contributed by atoms with Gasteiger partial charge in [-0.3, -0.25) is 9.78 Å². The molecule has 0 aliphatic heterocycles. The van der Waals surface area contributed by atoms with E-state index in [0.717, 1.165) is 15.8 Å². The molecule has 0 N–H and O–H groups in total. The van der Waals surface area contributed by atoms with Crippen molar-refractivity contribution < 1.29 is 9.53 Å². The number of ketones is 1. The zero-order valence-corrected chi connectivity index (χ0v) is 12.0. The number of halogens is 1. The van der Waals surface area contributed by atoms with Crippen molar-refractivity contribution >= 4 is 21.7 Å². The summed E-state index contributed by atoms with van der Waals surface area (Å²) < 4.78 is 6.49. The fourth-order valence-corrected chi connectivity index (χ4v) is 2.04. The molecule has 0 amide bonds. The third-order valence-electron chi connectivity index (χ3n) is 2.57. The summed E-state index contributed by atoms with van der Waals surface area (Å²) in [6.07, 6.45) is 4.23. The van der Waals surface area contributed by atoms with Gasteiger partial charge in [-0.1, -0.05) is 28.1 Å². The van der Waals surface area contributed by atoms with Crippen molar-refractivity contribution in [2.75, 3.05) is 6.61 Å². The first-order valence-corrected chi connectivity index (χ1v) is 6.82. The second-order valence-electron chi connectivity index (χ2n) is 4.13. The van der Waals surface area contributed by atoms with E-state index in [-0.39, 0.29) is 5.78 Å². The summed E-state index contributed by atoms with van der Waals surface area (Å²) in [6.45, 7) is 0.398. The molecule has 2 aromatic rings. The Morgan fingerprint density at radius 2 is 2.16 bits per heavy atom. The maximum Gasteiger partial charge on any atom is 0.140 e. The number of aromatic nitrogens is 1. The van der Waals surface area contributed by atoms with Gasteiger partial charge in [-0.05, 0) is 29.8 Å². The van der Waals surface area contributed by atoms with Crippen molar-refractivity contribution in [1.29, 1.82) is 0 Å². The second kappa shape index (κ2) is 7.04. The Kier molecular flexibility index (Phi) is 5.10. The van der Waals surface area contributed by atoms with Gasteiger partial charge in [-0.2, -0.15) is 0 Å². The number of pyridine rings is 1. The Morgan fingerprint density at radius 1 is 1.26 bits per heavy atom. The standard InChI is InChI=1S/C15H14BrNO2/c16-13-4-1-5-15(10-13)19-8-6-14(18)9-12-3-2-7-17-11-12/h1-5,7,10-11H,6,8-9H2. The van der Waals surface area contributed by atoms with Crippen molar-refractivity contribution in [3.05, 3.63) is 58.8 Å². The molecule has 4 heteroatoms. The van der Waals surface area contributed by atoms with Crippen molar-refractivity contribution in [3.63, 3.8) is 0 Å². The topological polar surface area (TPSA) is 39.2 Å². The average Bonchev–Trinajstić information content (AvgIpc) is 2.40. The SMILES string of the molecule is O=C(CCOc1cccc(Br)c1)Cc1cccnc1. The number of rotatable bonds is 6. The highest BCUT2D eigenvalue weighted by molar-refractivity contribution is 9.10. The quantitative estimate of drug-likeness (QED) is 0.819. The monoisotopic (exact) mass is 319 g/mol. The molecule has 0 fully saturated rings. The zero-order chi connectivity index (χ0) is 13.5. The number of hydrogen-bond acceptors (Lipinski definition) is 3. The highest BCUT2D eigenvalue weighted by Crippen LogP contribution is 2.17. The highest BCUT2D eigenvalue weighted by Gasteiger charge is 2.04. The molecule has 0 unspecified atom stereocenters. The van der Waals surface area contributed by atoms with E-state index in [4.69, 9.17) is 4.74 Å². The summed E-state index contributed by atoms with van der Waals surface area (Å²) in [5, 5.41) is 0. The molecule has 2 rings (SSSR count). The maximum atomic E-state index is 11.8. The van der Waals surface area contributed by atoms with Crippen LogP contribution >= 0.6 is 15.9 Å². The molecule has 1 aromatic heterocycles. The van der Waals surface area contributed by atoms with Gasteiger partial charge in [0.2, 0.25) is 0 Å². The lowest BCUT2D eigenvalue weighted by Gasteiger charge is -2.06. The Hall–Kier alpha value is -1.68. The summed E-state index contributed by atoms with van der Waals surface area (Å²) >= 11 is 3.37. The molecule has 0 spiro atoms. The Labute approximate surface area is 120 Å². The lowest BCUT2D eigenvalue weighted by atomic mass is 10.1. The first-order chi connectivity index (χ1) is 9.24. The van der Waals surface area contributed by atoms with Gasteiger partial charge in [0.05, 0.1) is 6.61 Å². The molecule has 0 radical (unpaired) electrons. The Morgan fingerprint density at radius 3 is 2.89 bits per heavy atom. The van der Waals surface area contributed by atoms with Crippen molar-refractivity contribution in [2.24, 2.45) is 0 Å². The lowest BCUT2D eigenvalue weighted by Crippen LogP contribution is -2.09. The molecule has 19 heavy (non-hydrogen) atoms. The van der Waals surface area contributed by atoms with E-state index in [0.29, 0.717) is 19.4 Å². The Balaban J connectivity index is 1.75. The molecular formula is C15H14BrNO2. The first kappa shape index (κ1) is 13.7. The molecular weight excluding hydrogens is 306 g/mol. The van der Waals surface area contributed by atoms with Gasteiger partial charge >= 0.3 is 0 Å². The number of ether oxygens (including phenoxy) is 1. The summed E-state index contributed by atoms with van der Waals surface area (Å²) in [6, 6.07) is 11.3. The van der Waals surface area contributed by atoms with Gasteiger partial charge in [0.25, 0.3) is 0 Å². The molecule has 0 saturated heterocycles. The predicted molar refractivity (Wildman–Crippen MR) is 77.2 cm³/mol. The second-order valence-corrected chi connectivity index (χ2v) is 5.05. The third kappa shape index (κ3) is 4.83. The average molecular weight is 320 g/mol. The van der Waals surface area contributed by atoms with E-state index in [2.05, 4.69) is 20.9 Å². The van der Waals surface area contributed by atoms with Gasteiger partial charge in [-0.25, -0.2) is 0 Å². The van der Waals surface area contributed by atoms with Gasteiger partial charge in [0.15, 0.2) is 0 Å². The largest absolute Gasteiger partial charge is 0.493 e. The molecule has 0 atom stereocenters. The molecule has 1 heterocycles. The van der Waals surface area contributed by atoms with Gasteiger partial charge < -0.3 is 4.74 Å². The van der Waals surface area contributed by atoms with Crippen LogP contribution in [0.2, 0.25) is 0 Å². The van der Waals surface area contributed by atoms with E-state index < -0.39 is 0 Å². The molecule has 3 nitrogen and oxygen atoms in total. The van der Waals surface area contributed by atoms with Gasteiger partial charge in [0, 0.05) is 29.7 Å². The smallest absolute Gasteiger partial charge is 0.140 e. The van der Waals surface area contributed by atoms with Crippen LogP contribution in [0.4, 0.5) is 0 Å². The van der Waals surface area contributed by atoms with Crippen LogP contribution in [0.1, 0.15) is 12.0 Å². The number of nitrogens with zero attached hydrogens (tertiary/aromatic N) is 1. The fourth-order valence-electron chi connectivity index (χ4n) is 1.66. The van der Waals surface area contributed by atoms with Gasteiger partial charge in [-0.15, -0.1) is 0 Å². The van der Waals surface area contributed by atoms with Crippen LogP contribution in [0.25, 0.3) is 0 Å². The highest BCUT2D eigenvalue weighted by atomic mass is 79.9. The zero-order valence-electron chi connectivity index (χ0n) is 10.4. The predicted octanol–water partition coefficient (Wildman–Crippen LogP) is 3.42. The summed E-state index contributed by atoms with van der Waals surface area (Å²) in [5.41, 5.74) is 0.940. The van der Waals surface area contributed by atoms with Crippen LogP contribution in [-0.4, -0.2) is 17.4 Å². The normalized spacial score (nSPS) is 10.2. The number of benzene rings is 1. The van der Waals surface area contributed by atoms with E-state index in [1.165, 1.54) is 0 Å². The van der Waals surface area contributed by atoms with Crippen LogP contribution < -0.4 is 4.74 Å². The van der Waals surface area contributed by atoms with Crippen molar-refractivity contribution in [2.45, 2.75) is 12.8 Å². The van der Waals surface area contributed by atoms with Crippen LogP contribution in [-0.2, 0) is 11.2 Å². The Bertz CT molecular complexity index is 543. The molecule has 0 bridgehead atoms. The minimum Gasteiger partial charge on any atom is -0.493 e. The number of hydrogen-bond donors (Lipinski definition) is 0. The molecule has 0 aliphatic rings. The minimum absolute atomic E-state index is 0.156. The third-order valence-corrected chi connectivity index (χ3v) is 3.06. The summed E-state index contributed by atoms with van der Waals surface area (Å²) in [4.78, 5) is 15.7. The van der Waals surface area contributed by atoms with E-state index >= 15 is 0 Å². The summed E-state index contributed by atoms with van der Waals surface area (Å²) in [7, 11) is 0. The van der Waals surface area contributed by atoms with Gasteiger partial charge in [0.1, 0.15) is 11.5 Å². The molecule has 0 saturated carbocycles. The minimum atomic E-state index is 0.156. The van der Waals surface area contributed by atoms with Crippen LogP contribution in [0.3, 0.4) is 0 Å². The molecule has 0 aliphatic carbocycles.